The summed E-state index contributed by atoms with van der Waals surface area (Å²) in [7, 11) is 0. The molecule has 0 amide bonds. The molecule has 0 heterocycles. The minimum Gasteiger partial charge on any atom is -0.506 e. The predicted octanol–water partition coefficient (Wildman–Crippen LogP) is 6.21. The molecule has 118 valence electrons. The van der Waals surface area contributed by atoms with Gasteiger partial charge in [-0.1, -0.05) is 63.8 Å². The molecule has 0 spiro atoms. The Hall–Kier alpha value is -1.96. The van der Waals surface area contributed by atoms with Gasteiger partial charge in [0.05, 0.1) is 5.69 Å². The fraction of sp³-hybridized carbons (Fsp3) is 0.400. The third-order valence-electron chi connectivity index (χ3n) is 4.13. The summed E-state index contributed by atoms with van der Waals surface area (Å²) >= 11 is 0. The van der Waals surface area contributed by atoms with Gasteiger partial charge in [-0.05, 0) is 42.2 Å². The zero-order valence-electron chi connectivity index (χ0n) is 13.7. The lowest BCUT2D eigenvalue weighted by atomic mass is 9.94. The zero-order valence-corrected chi connectivity index (χ0v) is 13.7. The van der Waals surface area contributed by atoms with Gasteiger partial charge in [0.2, 0.25) is 0 Å². The zero-order chi connectivity index (χ0) is 15.8. The Labute approximate surface area is 134 Å². The summed E-state index contributed by atoms with van der Waals surface area (Å²) in [5.41, 5.74) is 2.96. The maximum atomic E-state index is 10.2. The Kier molecular flexibility index (Phi) is 6.32. The second-order valence-corrected chi connectivity index (χ2v) is 6.02. The molecule has 2 nitrogen and oxygen atoms in total. The van der Waals surface area contributed by atoms with Crippen molar-refractivity contribution in [2.45, 2.75) is 51.9 Å². The topological polar surface area (TPSA) is 32.3 Å². The minimum atomic E-state index is 0.321. The molecule has 2 N–H and O–H groups in total. The quantitative estimate of drug-likeness (QED) is 0.448. The second-order valence-electron chi connectivity index (χ2n) is 6.02. The molecule has 0 aliphatic heterocycles. The van der Waals surface area contributed by atoms with Gasteiger partial charge >= 0.3 is 0 Å². The standard InChI is InChI=1S/C20H27NO/c1-3-4-5-7-10-16(2)17-13-14-19(20(22)15-17)21-18-11-8-6-9-12-18/h6,8-9,11-16,21-22H,3-5,7,10H2,1-2H3. The molecule has 22 heavy (non-hydrogen) atoms. The number of hydrogen-bond acceptors (Lipinski definition) is 2. The third-order valence-corrected chi connectivity index (χ3v) is 4.13. The molecule has 0 aromatic heterocycles. The van der Waals surface area contributed by atoms with E-state index in [0.717, 1.165) is 11.4 Å². The number of hydrogen-bond donors (Lipinski definition) is 2. The summed E-state index contributed by atoms with van der Waals surface area (Å²) in [5.74, 6) is 0.815. The van der Waals surface area contributed by atoms with Crippen molar-refractivity contribution >= 4 is 11.4 Å². The minimum absolute atomic E-state index is 0.321. The van der Waals surface area contributed by atoms with Crippen LogP contribution in [0.1, 0.15) is 57.4 Å². The van der Waals surface area contributed by atoms with E-state index >= 15 is 0 Å². The van der Waals surface area contributed by atoms with Crippen LogP contribution in [0.25, 0.3) is 0 Å². The van der Waals surface area contributed by atoms with Crippen molar-refractivity contribution in [2.75, 3.05) is 5.32 Å². The first-order valence-electron chi connectivity index (χ1n) is 8.35. The van der Waals surface area contributed by atoms with Crippen molar-refractivity contribution in [3.05, 3.63) is 54.1 Å². The van der Waals surface area contributed by atoms with E-state index in [1.165, 1.54) is 37.7 Å². The lowest BCUT2D eigenvalue weighted by Gasteiger charge is -2.14. The molecule has 0 fully saturated rings. The van der Waals surface area contributed by atoms with Crippen LogP contribution < -0.4 is 5.32 Å². The normalized spacial score (nSPS) is 12.1. The van der Waals surface area contributed by atoms with E-state index in [9.17, 15) is 5.11 Å². The van der Waals surface area contributed by atoms with Crippen LogP contribution in [-0.2, 0) is 0 Å². The van der Waals surface area contributed by atoms with E-state index in [1.807, 2.05) is 42.5 Å². The van der Waals surface area contributed by atoms with Gasteiger partial charge in [-0.15, -0.1) is 0 Å². The summed E-state index contributed by atoms with van der Waals surface area (Å²) in [6.07, 6.45) is 6.35. The summed E-state index contributed by atoms with van der Waals surface area (Å²) in [5, 5.41) is 13.5. The summed E-state index contributed by atoms with van der Waals surface area (Å²) in [4.78, 5) is 0. The lowest BCUT2D eigenvalue weighted by molar-refractivity contribution is 0.475. The molecule has 0 aliphatic rings. The molecule has 1 atom stereocenters. The first kappa shape index (κ1) is 16.4. The number of aromatic hydroxyl groups is 1. The summed E-state index contributed by atoms with van der Waals surface area (Å²) < 4.78 is 0. The molecule has 2 aromatic carbocycles. The fourth-order valence-electron chi connectivity index (χ4n) is 2.68. The van der Waals surface area contributed by atoms with Gasteiger partial charge in [-0.25, -0.2) is 0 Å². The maximum Gasteiger partial charge on any atom is 0.139 e. The summed E-state index contributed by atoms with van der Waals surface area (Å²) in [6, 6.07) is 15.9. The van der Waals surface area contributed by atoms with Gasteiger partial charge in [-0.3, -0.25) is 0 Å². The molecule has 0 saturated carbocycles. The third kappa shape index (κ3) is 4.80. The SMILES string of the molecule is CCCCCCC(C)c1ccc(Nc2ccccc2)c(O)c1. The molecular formula is C20H27NO. The number of benzene rings is 2. The molecule has 2 heteroatoms. The molecule has 0 bridgehead atoms. The van der Waals surface area contributed by atoms with Crippen molar-refractivity contribution in [1.82, 2.24) is 0 Å². The van der Waals surface area contributed by atoms with Gasteiger partial charge < -0.3 is 10.4 Å². The van der Waals surface area contributed by atoms with E-state index in [1.54, 1.807) is 0 Å². The Morgan fingerprint density at radius 2 is 1.77 bits per heavy atom. The van der Waals surface area contributed by atoms with E-state index in [4.69, 9.17) is 0 Å². The van der Waals surface area contributed by atoms with Crippen molar-refractivity contribution in [3.8, 4) is 5.75 Å². The predicted molar refractivity (Wildman–Crippen MR) is 95.0 cm³/mol. The molecule has 2 aromatic rings. The molecule has 0 aliphatic carbocycles. The van der Waals surface area contributed by atoms with Crippen LogP contribution >= 0.6 is 0 Å². The number of anilines is 2. The molecule has 0 saturated heterocycles. The average molecular weight is 297 g/mol. The van der Waals surface area contributed by atoms with Gasteiger partial charge in [0.15, 0.2) is 0 Å². The number of para-hydroxylation sites is 1. The van der Waals surface area contributed by atoms with E-state index in [0.29, 0.717) is 11.7 Å². The Morgan fingerprint density at radius 3 is 2.45 bits per heavy atom. The van der Waals surface area contributed by atoms with Crippen LogP contribution in [0.15, 0.2) is 48.5 Å². The van der Waals surface area contributed by atoms with Crippen molar-refractivity contribution in [2.24, 2.45) is 0 Å². The Bertz CT molecular complexity index is 565. The summed E-state index contributed by atoms with van der Waals surface area (Å²) in [6.45, 7) is 4.48. The highest BCUT2D eigenvalue weighted by atomic mass is 16.3. The van der Waals surface area contributed by atoms with Gasteiger partial charge in [0.25, 0.3) is 0 Å². The van der Waals surface area contributed by atoms with Crippen molar-refractivity contribution < 1.29 is 5.11 Å². The van der Waals surface area contributed by atoms with Gasteiger partial charge in [0.1, 0.15) is 5.75 Å². The number of nitrogens with one attached hydrogen (secondary N) is 1. The largest absolute Gasteiger partial charge is 0.506 e. The van der Waals surface area contributed by atoms with E-state index < -0.39 is 0 Å². The van der Waals surface area contributed by atoms with E-state index in [2.05, 4.69) is 25.2 Å². The van der Waals surface area contributed by atoms with Crippen molar-refractivity contribution in [1.29, 1.82) is 0 Å². The average Bonchev–Trinajstić information content (AvgIpc) is 2.54. The first-order valence-corrected chi connectivity index (χ1v) is 8.35. The fourth-order valence-corrected chi connectivity index (χ4v) is 2.68. The molecule has 2 rings (SSSR count). The van der Waals surface area contributed by atoms with Gasteiger partial charge in [0, 0.05) is 5.69 Å². The Balaban J connectivity index is 1.97. The smallest absolute Gasteiger partial charge is 0.139 e. The monoisotopic (exact) mass is 297 g/mol. The van der Waals surface area contributed by atoms with Crippen LogP contribution in [-0.4, -0.2) is 5.11 Å². The van der Waals surface area contributed by atoms with Crippen LogP contribution in [0.3, 0.4) is 0 Å². The highest BCUT2D eigenvalue weighted by Gasteiger charge is 2.09. The lowest BCUT2D eigenvalue weighted by Crippen LogP contribution is -1.96. The number of unbranched alkanes of at least 4 members (excludes halogenated alkanes) is 3. The number of phenolic OH excluding ortho intramolecular Hbond substituents is 1. The Morgan fingerprint density at radius 1 is 1.00 bits per heavy atom. The highest BCUT2D eigenvalue weighted by molar-refractivity contribution is 5.66. The maximum absolute atomic E-state index is 10.2. The van der Waals surface area contributed by atoms with Crippen LogP contribution in [0.2, 0.25) is 0 Å². The van der Waals surface area contributed by atoms with Crippen LogP contribution in [0, 0.1) is 0 Å². The second kappa shape index (κ2) is 8.47. The first-order chi connectivity index (χ1) is 10.7. The van der Waals surface area contributed by atoms with Crippen LogP contribution in [0.4, 0.5) is 11.4 Å². The van der Waals surface area contributed by atoms with Crippen LogP contribution in [0.5, 0.6) is 5.75 Å². The highest BCUT2D eigenvalue weighted by Crippen LogP contribution is 2.31. The molecule has 0 radical (unpaired) electrons. The number of rotatable bonds is 8. The molecule has 1 unspecified atom stereocenters. The van der Waals surface area contributed by atoms with Crippen molar-refractivity contribution in [3.63, 3.8) is 0 Å². The van der Waals surface area contributed by atoms with E-state index in [-0.39, 0.29) is 0 Å². The number of phenols is 1. The molecular weight excluding hydrogens is 270 g/mol. The van der Waals surface area contributed by atoms with Gasteiger partial charge in [-0.2, -0.15) is 0 Å².